The lowest BCUT2D eigenvalue weighted by molar-refractivity contribution is -0.645. The van der Waals surface area contributed by atoms with Crippen LogP contribution in [0.2, 0.25) is 0 Å². The van der Waals surface area contributed by atoms with Crippen LogP contribution in [0.25, 0.3) is 10.9 Å². The van der Waals surface area contributed by atoms with Crippen LogP contribution in [0.4, 0.5) is 18.0 Å². The Morgan fingerprint density at radius 1 is 1.20 bits per heavy atom. The van der Waals surface area contributed by atoms with Gasteiger partial charge < -0.3 is 18.9 Å². The van der Waals surface area contributed by atoms with Crippen molar-refractivity contribution in [3.8, 4) is 5.75 Å². The quantitative estimate of drug-likeness (QED) is 0.302. The highest BCUT2D eigenvalue weighted by molar-refractivity contribution is 7.86. The maximum atomic E-state index is 11.8. The number of aromatic nitrogens is 1. The lowest BCUT2D eigenvalue weighted by atomic mass is 10.1. The van der Waals surface area contributed by atoms with E-state index in [1.54, 1.807) is 56.0 Å². The van der Waals surface area contributed by atoms with Gasteiger partial charge in [-0.25, -0.2) is 22.6 Å². The molecule has 2 rings (SSSR count). The number of amides is 1. The molecule has 0 saturated carbocycles. The second kappa shape index (κ2) is 9.71. The second-order valence-corrected chi connectivity index (χ2v) is 7.31. The van der Waals surface area contributed by atoms with E-state index in [9.17, 15) is 22.8 Å². The first kappa shape index (κ1) is 25.1. The number of pyridine rings is 1. The number of ether oxygens (including phenoxy) is 2. The van der Waals surface area contributed by atoms with Crippen molar-refractivity contribution in [2.45, 2.75) is 12.4 Å². The van der Waals surface area contributed by atoms with Gasteiger partial charge in [0, 0.05) is 19.5 Å². The van der Waals surface area contributed by atoms with Gasteiger partial charge in [0.05, 0.1) is 12.7 Å². The number of nitrogens with zero attached hydrogens (tertiary/aromatic N) is 2. The lowest BCUT2D eigenvalue weighted by Crippen LogP contribution is -2.30. The Labute approximate surface area is 170 Å². The molecule has 0 aliphatic rings. The summed E-state index contributed by atoms with van der Waals surface area (Å²) in [6, 6.07) is 7.01. The third kappa shape index (κ3) is 6.84. The van der Waals surface area contributed by atoms with E-state index in [1.165, 1.54) is 4.90 Å². The number of halogens is 3. The maximum Gasteiger partial charge on any atom is 0.485 e. The summed E-state index contributed by atoms with van der Waals surface area (Å²) in [5.41, 5.74) is -4.32. The minimum atomic E-state index is -6.09. The predicted octanol–water partition coefficient (Wildman–Crippen LogP) is 1.95. The zero-order valence-corrected chi connectivity index (χ0v) is 17.2. The summed E-state index contributed by atoms with van der Waals surface area (Å²) in [6.45, 7) is 2.10. The van der Waals surface area contributed by atoms with E-state index in [1.807, 2.05) is 7.05 Å². The Bertz CT molecular complexity index is 1040. The van der Waals surface area contributed by atoms with E-state index in [4.69, 9.17) is 22.4 Å². The van der Waals surface area contributed by atoms with Crippen LogP contribution in [0, 0.1) is 0 Å². The lowest BCUT2D eigenvalue weighted by Gasteiger charge is -2.10. The van der Waals surface area contributed by atoms with E-state index in [0.29, 0.717) is 17.9 Å². The number of aryl methyl sites for hydroxylation is 1. The van der Waals surface area contributed by atoms with E-state index >= 15 is 0 Å². The molecule has 0 aliphatic carbocycles. The number of hydrogen-bond acceptors (Lipinski definition) is 7. The molecule has 1 aromatic carbocycles. The molecule has 30 heavy (non-hydrogen) atoms. The molecule has 0 saturated heterocycles. The summed E-state index contributed by atoms with van der Waals surface area (Å²) in [6.07, 6.45) is 1.25. The topological polar surface area (TPSA) is 117 Å². The van der Waals surface area contributed by atoms with Gasteiger partial charge in [0.15, 0.2) is 16.3 Å². The molecule has 0 fully saturated rings. The van der Waals surface area contributed by atoms with Crippen LogP contribution in [-0.2, 0) is 21.9 Å². The van der Waals surface area contributed by atoms with Gasteiger partial charge in [0.2, 0.25) is 5.52 Å². The summed E-state index contributed by atoms with van der Waals surface area (Å²) in [5.74, 6) is 0.0915. The first-order chi connectivity index (χ1) is 13.7. The third-order valence-corrected chi connectivity index (χ3v) is 3.96. The summed E-state index contributed by atoms with van der Waals surface area (Å²) >= 11 is 0. The number of benzene rings is 1. The maximum absolute atomic E-state index is 11.8. The van der Waals surface area contributed by atoms with Crippen LogP contribution in [0.5, 0.6) is 5.75 Å². The smallest absolute Gasteiger partial charge is 0.485 e. The molecule has 1 aromatic heterocycles. The zero-order chi connectivity index (χ0) is 23.3. The van der Waals surface area contributed by atoms with E-state index in [2.05, 4.69) is 0 Å². The molecule has 0 aliphatic heterocycles. The first-order valence-corrected chi connectivity index (χ1v) is 9.60. The Balaban J connectivity index is 0.000000479. The van der Waals surface area contributed by atoms with Gasteiger partial charge in [-0.05, 0) is 25.1 Å². The molecule has 0 N–H and O–H groups in total. The molecule has 1 heterocycles. The fourth-order valence-electron chi connectivity index (χ4n) is 2.02. The van der Waals surface area contributed by atoms with Crippen molar-refractivity contribution in [1.29, 1.82) is 0 Å². The molecule has 0 spiro atoms. The van der Waals surface area contributed by atoms with Gasteiger partial charge in [0.1, 0.15) is 18.4 Å². The summed E-state index contributed by atoms with van der Waals surface area (Å²) in [7, 11) is -1.03. The molecular weight excluding hydrogens is 433 g/mol. The van der Waals surface area contributed by atoms with E-state index in [-0.39, 0.29) is 5.97 Å². The van der Waals surface area contributed by atoms with Crippen molar-refractivity contribution in [3.05, 3.63) is 36.0 Å². The molecule has 166 valence electrons. The molecular formula is C17H19F3N2O7S. The third-order valence-electron chi connectivity index (χ3n) is 3.39. The highest BCUT2D eigenvalue weighted by atomic mass is 32.2. The van der Waals surface area contributed by atoms with Crippen molar-refractivity contribution >= 4 is 33.1 Å². The molecule has 0 unspecified atom stereocenters. The number of esters is 1. The van der Waals surface area contributed by atoms with Crippen LogP contribution in [0.15, 0.2) is 30.5 Å². The van der Waals surface area contributed by atoms with Crippen LogP contribution >= 0.6 is 0 Å². The number of carbonyl (C=O) groups is 2. The molecule has 0 bridgehead atoms. The Morgan fingerprint density at radius 3 is 2.23 bits per heavy atom. The Kier molecular flexibility index (Phi) is 8.13. The minimum absolute atomic E-state index is 0.333. The molecule has 1 amide bonds. The number of hydrogen-bond donors (Lipinski definition) is 0. The summed E-state index contributed by atoms with van der Waals surface area (Å²) in [5, 5.41) is 0.859. The SMILES string of the molecule is CCOC(=O)c1cc2ccc(OC(=O)N(C)C)cc2[n+](C)c1.O=S(=O)([O-])C(F)(F)F. The van der Waals surface area contributed by atoms with Gasteiger partial charge in [-0.2, -0.15) is 13.2 Å². The van der Waals surface area contributed by atoms with E-state index in [0.717, 1.165) is 10.9 Å². The number of carbonyl (C=O) groups excluding carboxylic acids is 2. The molecule has 2 aromatic rings. The fraction of sp³-hybridized carbons (Fsp3) is 0.353. The van der Waals surface area contributed by atoms with Gasteiger partial charge in [-0.3, -0.25) is 0 Å². The highest BCUT2D eigenvalue weighted by Gasteiger charge is 2.36. The van der Waals surface area contributed by atoms with Crippen LogP contribution in [0.3, 0.4) is 0 Å². The van der Waals surface area contributed by atoms with Crippen molar-refractivity contribution in [2.75, 3.05) is 20.7 Å². The van der Waals surface area contributed by atoms with Crippen molar-refractivity contribution in [1.82, 2.24) is 4.90 Å². The summed E-state index contributed by atoms with van der Waals surface area (Å²) in [4.78, 5) is 24.8. The van der Waals surface area contributed by atoms with Crippen LogP contribution in [0.1, 0.15) is 17.3 Å². The Morgan fingerprint density at radius 2 is 1.77 bits per heavy atom. The monoisotopic (exact) mass is 452 g/mol. The largest absolute Gasteiger partial charge is 0.741 e. The highest BCUT2D eigenvalue weighted by Crippen LogP contribution is 2.21. The van der Waals surface area contributed by atoms with Crippen molar-refractivity contribution < 1.29 is 49.8 Å². The van der Waals surface area contributed by atoms with Gasteiger partial charge in [-0.1, -0.05) is 0 Å². The van der Waals surface area contributed by atoms with Gasteiger partial charge in [0.25, 0.3) is 0 Å². The normalized spacial score (nSPS) is 11.3. The zero-order valence-electron chi connectivity index (χ0n) is 16.4. The van der Waals surface area contributed by atoms with Gasteiger partial charge >= 0.3 is 17.6 Å². The number of fused-ring (bicyclic) bond motifs is 1. The standard InChI is InChI=1S/C16H19N2O4.CHF3O3S/c1-5-21-15(19)12-8-11-6-7-13(22-16(20)17(2)3)9-14(11)18(4)10-12;2-1(3,4)8(5,6)7/h6-10H,5H2,1-4H3;(H,5,6,7)/q+1;/p-1. The molecule has 9 nitrogen and oxygen atoms in total. The predicted molar refractivity (Wildman–Crippen MR) is 96.5 cm³/mol. The van der Waals surface area contributed by atoms with E-state index < -0.39 is 21.7 Å². The van der Waals surface area contributed by atoms with Crippen molar-refractivity contribution in [3.63, 3.8) is 0 Å². The molecule has 0 radical (unpaired) electrons. The second-order valence-electron chi connectivity index (χ2n) is 5.94. The fourth-order valence-corrected chi connectivity index (χ4v) is 2.02. The average Bonchev–Trinajstić information content (AvgIpc) is 2.61. The average molecular weight is 452 g/mol. The summed E-state index contributed by atoms with van der Waals surface area (Å²) < 4.78 is 70.9. The van der Waals surface area contributed by atoms with Crippen LogP contribution in [-0.4, -0.2) is 56.1 Å². The van der Waals surface area contributed by atoms with Gasteiger partial charge in [-0.15, -0.1) is 0 Å². The van der Waals surface area contributed by atoms with Crippen LogP contribution < -0.4 is 9.30 Å². The first-order valence-electron chi connectivity index (χ1n) is 8.19. The number of alkyl halides is 3. The molecule has 0 atom stereocenters. The van der Waals surface area contributed by atoms with Crippen molar-refractivity contribution in [2.24, 2.45) is 7.05 Å². The minimum Gasteiger partial charge on any atom is -0.741 e. The number of rotatable bonds is 3. The Hall–Kier alpha value is -2.93. The molecule has 13 heteroatoms.